The monoisotopic (exact) mass is 259 g/mol. The van der Waals surface area contributed by atoms with Crippen LogP contribution in [0.25, 0.3) is 0 Å². The molecule has 0 aliphatic rings. The number of furan rings is 1. The molecular formula is C12H18ClNO3. The summed E-state index contributed by atoms with van der Waals surface area (Å²) in [5, 5.41) is 2.55. The van der Waals surface area contributed by atoms with Gasteiger partial charge in [-0.1, -0.05) is 0 Å². The van der Waals surface area contributed by atoms with Crippen LogP contribution in [0.2, 0.25) is 0 Å². The Morgan fingerprint density at radius 3 is 2.88 bits per heavy atom. The molecule has 0 radical (unpaired) electrons. The molecule has 1 N–H and O–H groups in total. The highest BCUT2D eigenvalue weighted by molar-refractivity contribution is 6.20. The third-order valence-electron chi connectivity index (χ3n) is 2.30. The van der Waals surface area contributed by atoms with Crippen molar-refractivity contribution < 1.29 is 13.9 Å². The highest BCUT2D eigenvalue weighted by atomic mass is 35.5. The molecule has 96 valence electrons. The quantitative estimate of drug-likeness (QED) is 0.605. The van der Waals surface area contributed by atoms with Crippen molar-refractivity contribution in [2.45, 2.75) is 25.1 Å². The SMILES string of the molecule is COCCCCNC(=O)c1ccc(C(C)Cl)o1. The van der Waals surface area contributed by atoms with Crippen LogP contribution in [0.3, 0.4) is 0 Å². The van der Waals surface area contributed by atoms with Gasteiger partial charge in [0.2, 0.25) is 0 Å². The molecule has 0 aromatic carbocycles. The minimum absolute atomic E-state index is 0.203. The summed E-state index contributed by atoms with van der Waals surface area (Å²) in [6.07, 6.45) is 1.82. The summed E-state index contributed by atoms with van der Waals surface area (Å²) in [7, 11) is 1.66. The van der Waals surface area contributed by atoms with Crippen LogP contribution in [-0.2, 0) is 4.74 Å². The summed E-state index contributed by atoms with van der Waals surface area (Å²) in [5.41, 5.74) is 0. The zero-order valence-corrected chi connectivity index (χ0v) is 10.9. The van der Waals surface area contributed by atoms with Gasteiger partial charge in [-0.25, -0.2) is 0 Å². The zero-order chi connectivity index (χ0) is 12.7. The number of methoxy groups -OCH3 is 1. The summed E-state index contributed by atoms with van der Waals surface area (Å²) in [6.45, 7) is 3.13. The molecule has 1 aromatic rings. The molecule has 0 spiro atoms. The molecule has 5 heteroatoms. The Kier molecular flexibility index (Phi) is 6.08. The van der Waals surface area contributed by atoms with E-state index in [2.05, 4.69) is 5.32 Å². The fraction of sp³-hybridized carbons (Fsp3) is 0.583. The number of alkyl halides is 1. The Labute approximate surface area is 106 Å². The van der Waals surface area contributed by atoms with Crippen molar-refractivity contribution in [3.05, 3.63) is 23.7 Å². The van der Waals surface area contributed by atoms with Crippen molar-refractivity contribution in [1.82, 2.24) is 5.32 Å². The lowest BCUT2D eigenvalue weighted by atomic mass is 10.3. The number of carbonyl (C=O) groups is 1. The molecule has 0 saturated heterocycles. The van der Waals surface area contributed by atoms with E-state index in [1.165, 1.54) is 0 Å². The number of nitrogens with one attached hydrogen (secondary N) is 1. The van der Waals surface area contributed by atoms with E-state index in [1.54, 1.807) is 26.2 Å². The first-order chi connectivity index (χ1) is 8.15. The second-order valence-corrected chi connectivity index (χ2v) is 4.43. The summed E-state index contributed by atoms with van der Waals surface area (Å²) < 4.78 is 10.2. The molecule has 1 heterocycles. The van der Waals surface area contributed by atoms with Crippen LogP contribution in [0.5, 0.6) is 0 Å². The Morgan fingerprint density at radius 2 is 2.29 bits per heavy atom. The maximum Gasteiger partial charge on any atom is 0.286 e. The fourth-order valence-electron chi connectivity index (χ4n) is 1.35. The van der Waals surface area contributed by atoms with E-state index < -0.39 is 0 Å². The lowest BCUT2D eigenvalue weighted by Gasteiger charge is -2.03. The molecule has 4 nitrogen and oxygen atoms in total. The smallest absolute Gasteiger partial charge is 0.286 e. The van der Waals surface area contributed by atoms with Crippen LogP contribution in [0.4, 0.5) is 0 Å². The number of halogens is 1. The van der Waals surface area contributed by atoms with E-state index in [-0.39, 0.29) is 11.3 Å². The average molecular weight is 260 g/mol. The maximum absolute atomic E-state index is 11.6. The fourth-order valence-corrected chi connectivity index (χ4v) is 1.47. The van der Waals surface area contributed by atoms with Crippen molar-refractivity contribution in [2.75, 3.05) is 20.3 Å². The van der Waals surface area contributed by atoms with E-state index in [0.29, 0.717) is 24.7 Å². The van der Waals surface area contributed by atoms with Gasteiger partial charge in [0.1, 0.15) is 5.76 Å². The minimum Gasteiger partial charge on any atom is -0.454 e. The number of carbonyl (C=O) groups excluding carboxylic acids is 1. The van der Waals surface area contributed by atoms with Gasteiger partial charge in [0.15, 0.2) is 5.76 Å². The van der Waals surface area contributed by atoms with Crippen LogP contribution < -0.4 is 5.32 Å². The molecule has 0 aliphatic carbocycles. The number of unbranched alkanes of at least 4 members (excludes halogenated alkanes) is 1. The predicted octanol–water partition coefficient (Wildman–Crippen LogP) is 2.74. The molecule has 1 aromatic heterocycles. The molecule has 1 amide bonds. The van der Waals surface area contributed by atoms with Gasteiger partial charge >= 0.3 is 0 Å². The van der Waals surface area contributed by atoms with Gasteiger partial charge in [0.05, 0.1) is 5.38 Å². The van der Waals surface area contributed by atoms with E-state index in [1.807, 2.05) is 0 Å². The normalized spacial score (nSPS) is 12.4. The second kappa shape index (κ2) is 7.35. The average Bonchev–Trinajstić information content (AvgIpc) is 2.78. The van der Waals surface area contributed by atoms with Gasteiger partial charge in [-0.05, 0) is 31.9 Å². The Bertz CT molecular complexity index is 349. The first-order valence-electron chi connectivity index (χ1n) is 5.66. The third-order valence-corrected chi connectivity index (χ3v) is 2.52. The Balaban J connectivity index is 2.31. The molecular weight excluding hydrogens is 242 g/mol. The van der Waals surface area contributed by atoms with E-state index in [0.717, 1.165) is 12.8 Å². The summed E-state index contributed by atoms with van der Waals surface area (Å²) >= 11 is 5.84. The lowest BCUT2D eigenvalue weighted by Crippen LogP contribution is -2.24. The van der Waals surface area contributed by atoms with Gasteiger partial charge in [0.25, 0.3) is 5.91 Å². The van der Waals surface area contributed by atoms with Crippen LogP contribution in [0.15, 0.2) is 16.5 Å². The zero-order valence-electron chi connectivity index (χ0n) is 10.2. The van der Waals surface area contributed by atoms with Crippen molar-refractivity contribution >= 4 is 17.5 Å². The van der Waals surface area contributed by atoms with Gasteiger partial charge in [-0.15, -0.1) is 11.6 Å². The molecule has 0 aliphatic heterocycles. The molecule has 1 unspecified atom stereocenters. The number of rotatable bonds is 7. The van der Waals surface area contributed by atoms with Crippen LogP contribution in [0, 0.1) is 0 Å². The molecule has 0 bridgehead atoms. The van der Waals surface area contributed by atoms with Crippen molar-refractivity contribution in [3.63, 3.8) is 0 Å². The van der Waals surface area contributed by atoms with Crippen LogP contribution in [0.1, 0.15) is 41.5 Å². The first-order valence-corrected chi connectivity index (χ1v) is 6.09. The van der Waals surface area contributed by atoms with E-state index in [4.69, 9.17) is 20.8 Å². The molecule has 0 saturated carbocycles. The Morgan fingerprint density at radius 1 is 1.53 bits per heavy atom. The molecule has 17 heavy (non-hydrogen) atoms. The highest BCUT2D eigenvalue weighted by Crippen LogP contribution is 2.21. The molecule has 1 rings (SSSR count). The lowest BCUT2D eigenvalue weighted by molar-refractivity contribution is 0.0922. The standard InChI is InChI=1S/C12H18ClNO3/c1-9(13)10-5-6-11(17-10)12(15)14-7-3-4-8-16-2/h5-6,9H,3-4,7-8H2,1-2H3,(H,14,15). The summed E-state index contributed by atoms with van der Waals surface area (Å²) in [5.74, 6) is 0.710. The number of hydrogen-bond acceptors (Lipinski definition) is 3. The van der Waals surface area contributed by atoms with Gasteiger partial charge in [-0.3, -0.25) is 4.79 Å². The number of hydrogen-bond donors (Lipinski definition) is 1. The van der Waals surface area contributed by atoms with E-state index in [9.17, 15) is 4.79 Å². The second-order valence-electron chi connectivity index (χ2n) is 3.77. The molecule has 1 atom stereocenters. The largest absolute Gasteiger partial charge is 0.454 e. The van der Waals surface area contributed by atoms with E-state index >= 15 is 0 Å². The van der Waals surface area contributed by atoms with Gasteiger partial charge in [-0.2, -0.15) is 0 Å². The van der Waals surface area contributed by atoms with Crippen molar-refractivity contribution in [3.8, 4) is 0 Å². The predicted molar refractivity (Wildman–Crippen MR) is 66.4 cm³/mol. The topological polar surface area (TPSA) is 51.5 Å². The minimum atomic E-state index is -0.224. The van der Waals surface area contributed by atoms with Crippen molar-refractivity contribution in [1.29, 1.82) is 0 Å². The third kappa shape index (κ3) is 4.79. The summed E-state index contributed by atoms with van der Waals surface area (Å²) in [6, 6.07) is 3.36. The number of ether oxygens (including phenoxy) is 1. The van der Waals surface area contributed by atoms with Crippen LogP contribution in [-0.4, -0.2) is 26.2 Å². The highest BCUT2D eigenvalue weighted by Gasteiger charge is 2.12. The van der Waals surface area contributed by atoms with Crippen LogP contribution >= 0.6 is 11.6 Å². The van der Waals surface area contributed by atoms with Crippen molar-refractivity contribution in [2.24, 2.45) is 0 Å². The number of amides is 1. The van der Waals surface area contributed by atoms with Gasteiger partial charge < -0.3 is 14.5 Å². The molecule has 0 fully saturated rings. The summed E-state index contributed by atoms with van der Waals surface area (Å²) in [4.78, 5) is 11.6. The first kappa shape index (κ1) is 14.1. The Hall–Kier alpha value is -1.00. The maximum atomic E-state index is 11.6. The van der Waals surface area contributed by atoms with Gasteiger partial charge in [0, 0.05) is 20.3 Å².